The number of hydrogen-bond acceptors (Lipinski definition) is 4. The van der Waals surface area contributed by atoms with Gasteiger partial charge in [-0.15, -0.1) is 0 Å². The Balaban J connectivity index is 2.90. The molecule has 0 unspecified atom stereocenters. The number of imidazole rings is 1. The van der Waals surface area contributed by atoms with Gasteiger partial charge in [-0.25, -0.2) is 18.1 Å². The van der Waals surface area contributed by atoms with Gasteiger partial charge in [0, 0.05) is 18.3 Å². The maximum atomic E-state index is 12.2. The van der Waals surface area contributed by atoms with Crippen molar-refractivity contribution in [3.05, 3.63) is 11.5 Å². The van der Waals surface area contributed by atoms with Gasteiger partial charge in [0.25, 0.3) is 10.0 Å². The third kappa shape index (κ3) is 3.65. The molecule has 0 radical (unpaired) electrons. The first-order chi connectivity index (χ1) is 8.82. The van der Waals surface area contributed by atoms with Gasteiger partial charge < -0.3 is 4.57 Å². The Morgan fingerprint density at radius 3 is 2.42 bits per heavy atom. The molecule has 0 saturated heterocycles. The third-order valence-corrected chi connectivity index (χ3v) is 6.87. The largest absolute Gasteiger partial charge is 0.324 e. The number of hydrogen-bond donors (Lipinski definition) is 1. The molecule has 0 aliphatic heterocycles. The average molecular weight is 326 g/mol. The Labute approximate surface area is 124 Å². The zero-order chi connectivity index (χ0) is 14.7. The van der Waals surface area contributed by atoms with Crippen molar-refractivity contribution in [1.29, 1.82) is 0 Å². The second kappa shape index (κ2) is 6.47. The predicted octanol–water partition coefficient (Wildman–Crippen LogP) is 2.27. The highest BCUT2D eigenvalue weighted by Crippen LogP contribution is 2.30. The van der Waals surface area contributed by atoms with E-state index in [0.29, 0.717) is 6.54 Å². The molecule has 0 aliphatic carbocycles. The van der Waals surface area contributed by atoms with E-state index in [1.807, 2.05) is 6.26 Å². The standard InChI is InChI=1S/C11H20ClN3O2S2/c1-5-11(6-2,18-4)7-14-19(16,17)10-9(12)15(3)8-13-10/h8,14H,5-7H2,1-4H3. The lowest BCUT2D eigenvalue weighted by Gasteiger charge is -2.29. The fourth-order valence-electron chi connectivity index (χ4n) is 1.73. The van der Waals surface area contributed by atoms with Crippen LogP contribution < -0.4 is 4.72 Å². The van der Waals surface area contributed by atoms with Crippen LogP contribution in [-0.4, -0.2) is 35.5 Å². The Bertz CT molecular complexity index is 516. The number of aromatic nitrogens is 2. The van der Waals surface area contributed by atoms with Gasteiger partial charge in [0.1, 0.15) is 5.15 Å². The van der Waals surface area contributed by atoms with Gasteiger partial charge in [0.2, 0.25) is 5.03 Å². The molecular formula is C11H20ClN3O2S2. The van der Waals surface area contributed by atoms with Crippen LogP contribution in [0.4, 0.5) is 0 Å². The fraction of sp³-hybridized carbons (Fsp3) is 0.727. The molecule has 1 heterocycles. The maximum absolute atomic E-state index is 12.2. The normalized spacial score (nSPS) is 12.9. The van der Waals surface area contributed by atoms with Crippen molar-refractivity contribution in [2.24, 2.45) is 7.05 Å². The van der Waals surface area contributed by atoms with Crippen LogP contribution in [0.25, 0.3) is 0 Å². The first-order valence-electron chi connectivity index (χ1n) is 6.03. The summed E-state index contributed by atoms with van der Waals surface area (Å²) in [7, 11) is -2.01. The fourth-order valence-corrected chi connectivity index (χ4v) is 4.17. The highest BCUT2D eigenvalue weighted by atomic mass is 35.5. The van der Waals surface area contributed by atoms with Crippen molar-refractivity contribution < 1.29 is 8.42 Å². The van der Waals surface area contributed by atoms with E-state index in [2.05, 4.69) is 23.6 Å². The second-order valence-electron chi connectivity index (χ2n) is 4.37. The smallest absolute Gasteiger partial charge is 0.261 e. The lowest BCUT2D eigenvalue weighted by atomic mass is 10.0. The molecule has 0 spiro atoms. The van der Waals surface area contributed by atoms with Gasteiger partial charge in [0.05, 0.1) is 6.33 Å². The molecular weight excluding hydrogens is 306 g/mol. The van der Waals surface area contributed by atoms with E-state index in [0.717, 1.165) is 12.8 Å². The van der Waals surface area contributed by atoms with Crippen molar-refractivity contribution in [2.45, 2.75) is 36.5 Å². The molecule has 0 aliphatic rings. The molecule has 5 nitrogen and oxygen atoms in total. The molecule has 0 aromatic carbocycles. The molecule has 1 N–H and O–H groups in total. The molecule has 110 valence electrons. The summed E-state index contributed by atoms with van der Waals surface area (Å²) in [6.45, 7) is 4.49. The molecule has 1 aromatic heterocycles. The van der Waals surface area contributed by atoms with Crippen LogP contribution in [0.15, 0.2) is 11.4 Å². The second-order valence-corrected chi connectivity index (χ2v) is 7.68. The number of halogens is 1. The predicted molar refractivity (Wildman–Crippen MR) is 80.2 cm³/mol. The highest BCUT2D eigenvalue weighted by Gasteiger charge is 2.29. The minimum atomic E-state index is -3.66. The van der Waals surface area contributed by atoms with E-state index in [9.17, 15) is 8.42 Å². The van der Waals surface area contributed by atoms with E-state index in [1.165, 1.54) is 10.9 Å². The third-order valence-electron chi connectivity index (χ3n) is 3.39. The van der Waals surface area contributed by atoms with E-state index in [4.69, 9.17) is 11.6 Å². The Morgan fingerprint density at radius 1 is 1.47 bits per heavy atom. The molecule has 1 rings (SSSR count). The summed E-state index contributed by atoms with van der Waals surface area (Å²) < 4.78 is 28.4. The van der Waals surface area contributed by atoms with Gasteiger partial charge >= 0.3 is 0 Å². The van der Waals surface area contributed by atoms with Crippen LogP contribution in [0.5, 0.6) is 0 Å². The van der Waals surface area contributed by atoms with Crippen molar-refractivity contribution in [3.8, 4) is 0 Å². The summed E-state index contributed by atoms with van der Waals surface area (Å²) in [6.07, 6.45) is 5.17. The molecule has 0 bridgehead atoms. The van der Waals surface area contributed by atoms with Crippen LogP contribution in [0.2, 0.25) is 5.15 Å². The summed E-state index contributed by atoms with van der Waals surface area (Å²) in [5, 5.41) is 0.00845. The maximum Gasteiger partial charge on any atom is 0.261 e. The SMILES string of the molecule is CCC(CC)(CNS(=O)(=O)c1ncn(C)c1Cl)SC. The van der Waals surface area contributed by atoms with Crippen molar-refractivity contribution >= 4 is 33.4 Å². The van der Waals surface area contributed by atoms with E-state index in [-0.39, 0.29) is 14.9 Å². The molecule has 19 heavy (non-hydrogen) atoms. The van der Waals surface area contributed by atoms with Crippen LogP contribution in [0.1, 0.15) is 26.7 Å². The minimum Gasteiger partial charge on any atom is -0.324 e. The average Bonchev–Trinajstić information content (AvgIpc) is 2.73. The molecule has 1 aromatic rings. The number of thioether (sulfide) groups is 1. The first kappa shape index (κ1) is 16.8. The highest BCUT2D eigenvalue weighted by molar-refractivity contribution is 8.00. The van der Waals surface area contributed by atoms with Crippen LogP contribution in [0, 0.1) is 0 Å². The summed E-state index contributed by atoms with van der Waals surface area (Å²) in [5.74, 6) is 0. The number of rotatable bonds is 7. The lowest BCUT2D eigenvalue weighted by Crippen LogP contribution is -2.39. The van der Waals surface area contributed by atoms with Gasteiger partial charge in [-0.1, -0.05) is 25.4 Å². The van der Waals surface area contributed by atoms with E-state index < -0.39 is 10.0 Å². The monoisotopic (exact) mass is 325 g/mol. The van der Waals surface area contributed by atoms with E-state index in [1.54, 1.807) is 18.8 Å². The number of sulfonamides is 1. The molecule has 0 amide bonds. The van der Waals surface area contributed by atoms with Gasteiger partial charge in [-0.3, -0.25) is 0 Å². The van der Waals surface area contributed by atoms with E-state index >= 15 is 0 Å². The van der Waals surface area contributed by atoms with Crippen molar-refractivity contribution in [3.63, 3.8) is 0 Å². The summed E-state index contributed by atoms with van der Waals surface area (Å²) in [5.41, 5.74) is 0. The number of nitrogens with zero attached hydrogens (tertiary/aromatic N) is 2. The molecule has 8 heteroatoms. The zero-order valence-electron chi connectivity index (χ0n) is 11.6. The summed E-state index contributed by atoms with van der Waals surface area (Å²) in [6, 6.07) is 0. The number of nitrogens with one attached hydrogen (secondary N) is 1. The van der Waals surface area contributed by atoms with Gasteiger partial charge in [0.15, 0.2) is 0 Å². The Morgan fingerprint density at radius 2 is 2.05 bits per heavy atom. The van der Waals surface area contributed by atoms with Crippen molar-refractivity contribution in [1.82, 2.24) is 14.3 Å². The van der Waals surface area contributed by atoms with Crippen LogP contribution in [-0.2, 0) is 17.1 Å². The Kier molecular flexibility index (Phi) is 5.73. The molecule has 0 saturated carbocycles. The first-order valence-corrected chi connectivity index (χ1v) is 9.12. The van der Waals surface area contributed by atoms with Crippen LogP contribution in [0.3, 0.4) is 0 Å². The Hall–Kier alpha value is -0.240. The lowest BCUT2D eigenvalue weighted by molar-refractivity contribution is 0.521. The summed E-state index contributed by atoms with van der Waals surface area (Å²) >= 11 is 7.60. The number of aryl methyl sites for hydroxylation is 1. The van der Waals surface area contributed by atoms with Gasteiger partial charge in [-0.05, 0) is 19.1 Å². The van der Waals surface area contributed by atoms with Crippen LogP contribution >= 0.6 is 23.4 Å². The molecule has 0 fully saturated rings. The zero-order valence-corrected chi connectivity index (χ0v) is 14.0. The summed E-state index contributed by atoms with van der Waals surface area (Å²) in [4.78, 5) is 3.84. The van der Waals surface area contributed by atoms with Gasteiger partial charge in [-0.2, -0.15) is 11.8 Å². The molecule has 0 atom stereocenters. The van der Waals surface area contributed by atoms with Crippen molar-refractivity contribution in [2.75, 3.05) is 12.8 Å². The minimum absolute atomic E-state index is 0.0890. The quantitative estimate of drug-likeness (QED) is 0.835. The topological polar surface area (TPSA) is 64.0 Å².